The van der Waals surface area contributed by atoms with E-state index in [1.165, 1.54) is 11.3 Å². The SMILES string of the molecule is CC(C)(C)c1nc(N2CCC(C(C)(C)C)C2)sc1C(=O)O. The Morgan fingerprint density at radius 2 is 1.90 bits per heavy atom. The van der Waals surface area contributed by atoms with E-state index in [4.69, 9.17) is 0 Å². The number of hydrogen-bond acceptors (Lipinski definition) is 4. The van der Waals surface area contributed by atoms with E-state index in [1.54, 1.807) is 0 Å². The van der Waals surface area contributed by atoms with Gasteiger partial charge >= 0.3 is 5.97 Å². The van der Waals surface area contributed by atoms with Gasteiger partial charge in [0, 0.05) is 18.5 Å². The number of carbonyl (C=O) groups is 1. The van der Waals surface area contributed by atoms with Gasteiger partial charge in [0.1, 0.15) is 4.88 Å². The molecule has 1 aromatic heterocycles. The van der Waals surface area contributed by atoms with Crippen LogP contribution in [0.3, 0.4) is 0 Å². The minimum absolute atomic E-state index is 0.244. The predicted molar refractivity (Wildman–Crippen MR) is 87.5 cm³/mol. The number of carboxylic acids is 1. The summed E-state index contributed by atoms with van der Waals surface area (Å²) in [6, 6.07) is 0. The fourth-order valence-corrected chi connectivity index (χ4v) is 3.89. The molecular formula is C16H26N2O2S. The number of hydrogen-bond donors (Lipinski definition) is 1. The Morgan fingerprint density at radius 3 is 2.29 bits per heavy atom. The van der Waals surface area contributed by atoms with Crippen LogP contribution in [0.25, 0.3) is 0 Å². The number of aromatic nitrogens is 1. The van der Waals surface area contributed by atoms with Crippen LogP contribution in [0.5, 0.6) is 0 Å². The average Bonchev–Trinajstić information content (AvgIpc) is 2.93. The van der Waals surface area contributed by atoms with Crippen molar-refractivity contribution in [3.8, 4) is 0 Å². The molecule has 0 amide bonds. The largest absolute Gasteiger partial charge is 0.477 e. The molecule has 0 radical (unpaired) electrons. The molecule has 1 saturated heterocycles. The van der Waals surface area contributed by atoms with Gasteiger partial charge in [-0.2, -0.15) is 0 Å². The summed E-state index contributed by atoms with van der Waals surface area (Å²) in [7, 11) is 0. The van der Waals surface area contributed by atoms with Crippen LogP contribution < -0.4 is 4.90 Å². The first-order valence-corrected chi connectivity index (χ1v) is 8.31. The molecule has 118 valence electrons. The van der Waals surface area contributed by atoms with Gasteiger partial charge < -0.3 is 10.0 Å². The lowest BCUT2D eigenvalue weighted by Gasteiger charge is -2.26. The summed E-state index contributed by atoms with van der Waals surface area (Å²) in [5.41, 5.74) is 0.745. The second kappa shape index (κ2) is 5.27. The maximum atomic E-state index is 11.5. The second-order valence-corrected chi connectivity index (χ2v) is 9.00. The van der Waals surface area contributed by atoms with Crippen LogP contribution in [0.1, 0.15) is 63.3 Å². The molecule has 1 unspecified atom stereocenters. The van der Waals surface area contributed by atoms with E-state index in [1.807, 2.05) is 20.8 Å². The average molecular weight is 310 g/mol. The summed E-state index contributed by atoms with van der Waals surface area (Å²) in [5.74, 6) is -0.233. The quantitative estimate of drug-likeness (QED) is 0.896. The first kappa shape index (κ1) is 16.3. The topological polar surface area (TPSA) is 53.4 Å². The number of aromatic carboxylic acids is 1. The lowest BCUT2D eigenvalue weighted by molar-refractivity contribution is 0.0699. The first-order valence-electron chi connectivity index (χ1n) is 7.49. The van der Waals surface area contributed by atoms with Crippen LogP contribution in [0.4, 0.5) is 5.13 Å². The van der Waals surface area contributed by atoms with Gasteiger partial charge in [0.2, 0.25) is 0 Å². The fraction of sp³-hybridized carbons (Fsp3) is 0.750. The Labute approximate surface area is 131 Å². The molecule has 21 heavy (non-hydrogen) atoms. The molecule has 1 aromatic rings. The van der Waals surface area contributed by atoms with Gasteiger partial charge in [0.05, 0.1) is 5.69 Å². The Kier molecular flexibility index (Phi) is 4.08. The van der Waals surface area contributed by atoms with Gasteiger partial charge in [0.25, 0.3) is 0 Å². The van der Waals surface area contributed by atoms with Crippen LogP contribution in [0.15, 0.2) is 0 Å². The zero-order chi connectivity index (χ0) is 16.0. The molecule has 1 aliphatic heterocycles. The van der Waals surface area contributed by atoms with E-state index < -0.39 is 5.97 Å². The highest BCUT2D eigenvalue weighted by Crippen LogP contribution is 2.39. The lowest BCUT2D eigenvalue weighted by atomic mass is 9.80. The minimum atomic E-state index is -0.866. The summed E-state index contributed by atoms with van der Waals surface area (Å²) in [4.78, 5) is 18.8. The highest BCUT2D eigenvalue weighted by atomic mass is 32.1. The molecule has 5 heteroatoms. The third-order valence-corrected chi connectivity index (χ3v) is 5.31. The number of anilines is 1. The maximum absolute atomic E-state index is 11.5. The molecule has 1 N–H and O–H groups in total. The molecule has 2 rings (SSSR count). The maximum Gasteiger partial charge on any atom is 0.347 e. The zero-order valence-electron chi connectivity index (χ0n) is 13.9. The summed E-state index contributed by atoms with van der Waals surface area (Å²) in [6.45, 7) is 14.8. The Balaban J connectivity index is 2.29. The third kappa shape index (κ3) is 3.39. The van der Waals surface area contributed by atoms with E-state index in [0.717, 1.165) is 24.6 Å². The summed E-state index contributed by atoms with van der Waals surface area (Å²) >= 11 is 1.32. The van der Waals surface area contributed by atoms with Crippen LogP contribution in [0, 0.1) is 11.3 Å². The third-order valence-electron chi connectivity index (χ3n) is 4.20. The van der Waals surface area contributed by atoms with Crippen molar-refractivity contribution in [2.75, 3.05) is 18.0 Å². The van der Waals surface area contributed by atoms with Crippen molar-refractivity contribution < 1.29 is 9.90 Å². The van der Waals surface area contributed by atoms with Crippen molar-refractivity contribution in [1.29, 1.82) is 0 Å². The fourth-order valence-electron chi connectivity index (χ4n) is 2.74. The van der Waals surface area contributed by atoms with E-state index in [-0.39, 0.29) is 10.8 Å². The molecule has 0 spiro atoms. The molecular weight excluding hydrogens is 284 g/mol. The molecule has 1 atom stereocenters. The van der Waals surface area contributed by atoms with Gasteiger partial charge in [-0.25, -0.2) is 9.78 Å². The zero-order valence-corrected chi connectivity index (χ0v) is 14.7. The van der Waals surface area contributed by atoms with Crippen LogP contribution >= 0.6 is 11.3 Å². The van der Waals surface area contributed by atoms with E-state index >= 15 is 0 Å². The minimum Gasteiger partial charge on any atom is -0.477 e. The normalized spacial score (nSPS) is 20.1. The Morgan fingerprint density at radius 1 is 1.29 bits per heavy atom. The molecule has 0 bridgehead atoms. The van der Waals surface area contributed by atoms with Crippen molar-refractivity contribution in [3.63, 3.8) is 0 Å². The van der Waals surface area contributed by atoms with Gasteiger partial charge in [-0.1, -0.05) is 52.9 Å². The van der Waals surface area contributed by atoms with Gasteiger partial charge in [-0.05, 0) is 17.8 Å². The summed E-state index contributed by atoms with van der Waals surface area (Å²) in [5, 5.41) is 10.3. The number of nitrogens with zero attached hydrogens (tertiary/aromatic N) is 2. The number of thiazole rings is 1. The Bertz CT molecular complexity index is 537. The Hall–Kier alpha value is -1.10. The smallest absolute Gasteiger partial charge is 0.347 e. The molecule has 1 fully saturated rings. The van der Waals surface area contributed by atoms with Crippen molar-refractivity contribution >= 4 is 22.4 Å². The monoisotopic (exact) mass is 310 g/mol. The molecule has 2 heterocycles. The molecule has 0 aromatic carbocycles. The van der Waals surface area contributed by atoms with Gasteiger partial charge in [0.15, 0.2) is 5.13 Å². The van der Waals surface area contributed by atoms with Gasteiger partial charge in [-0.15, -0.1) is 0 Å². The molecule has 0 saturated carbocycles. The first-order chi connectivity index (χ1) is 9.50. The standard InChI is InChI=1S/C16H26N2O2S/c1-15(2,3)10-7-8-18(9-10)14-17-12(16(4,5)6)11(21-14)13(19)20/h10H,7-9H2,1-6H3,(H,19,20). The van der Waals surface area contributed by atoms with Crippen LogP contribution in [0.2, 0.25) is 0 Å². The molecule has 4 nitrogen and oxygen atoms in total. The van der Waals surface area contributed by atoms with Gasteiger partial charge in [-0.3, -0.25) is 0 Å². The van der Waals surface area contributed by atoms with Crippen LogP contribution in [-0.2, 0) is 5.41 Å². The highest BCUT2D eigenvalue weighted by molar-refractivity contribution is 7.17. The second-order valence-electron chi connectivity index (χ2n) is 8.03. The van der Waals surface area contributed by atoms with E-state index in [0.29, 0.717) is 16.5 Å². The van der Waals surface area contributed by atoms with E-state index in [2.05, 4.69) is 30.7 Å². The summed E-state index contributed by atoms with van der Waals surface area (Å²) < 4.78 is 0. The van der Waals surface area contributed by atoms with E-state index in [9.17, 15) is 9.90 Å². The van der Waals surface area contributed by atoms with Crippen molar-refractivity contribution in [2.45, 2.75) is 53.4 Å². The predicted octanol–water partition coefficient (Wildman–Crippen LogP) is 4.01. The lowest BCUT2D eigenvalue weighted by Crippen LogP contribution is -2.25. The van der Waals surface area contributed by atoms with Crippen molar-refractivity contribution in [2.24, 2.45) is 11.3 Å². The van der Waals surface area contributed by atoms with Crippen molar-refractivity contribution in [1.82, 2.24) is 4.98 Å². The van der Waals surface area contributed by atoms with Crippen molar-refractivity contribution in [3.05, 3.63) is 10.6 Å². The summed E-state index contributed by atoms with van der Waals surface area (Å²) in [6.07, 6.45) is 1.15. The van der Waals surface area contributed by atoms with Crippen LogP contribution in [-0.4, -0.2) is 29.1 Å². The highest BCUT2D eigenvalue weighted by Gasteiger charge is 2.35. The molecule has 0 aliphatic carbocycles. The number of rotatable bonds is 2. The number of carboxylic acid groups (broad SMARTS) is 1. The molecule has 1 aliphatic rings.